The summed E-state index contributed by atoms with van der Waals surface area (Å²) in [5.41, 5.74) is -1.38. The van der Waals surface area contributed by atoms with E-state index in [2.05, 4.69) is 0 Å². The van der Waals surface area contributed by atoms with E-state index in [4.69, 9.17) is 0 Å². The van der Waals surface area contributed by atoms with Gasteiger partial charge >= 0.3 is 18.2 Å². The molecule has 0 aromatic heterocycles. The van der Waals surface area contributed by atoms with Crippen LogP contribution in [-0.4, -0.2) is 58.8 Å². The molecule has 1 aliphatic heterocycles. The van der Waals surface area contributed by atoms with Crippen LogP contribution >= 0.6 is 0 Å². The summed E-state index contributed by atoms with van der Waals surface area (Å²) in [4.78, 5) is 24.9. The Kier molecular flexibility index (Phi) is 4.32. The van der Waals surface area contributed by atoms with Crippen LogP contribution in [0.4, 0.5) is 18.0 Å². The highest BCUT2D eigenvalue weighted by Gasteiger charge is 2.49. The standard InChI is InChI=1S/C11H17F3N2O3/c1-3-10(8(17)18)5-4-6-16(10)9(19)15(2)7-11(12,13)14/h3-7H2,1-2H3,(H,17,18). The molecular formula is C11H17F3N2O3. The van der Waals surface area contributed by atoms with Crippen molar-refractivity contribution >= 4 is 12.0 Å². The topological polar surface area (TPSA) is 60.9 Å². The second-order valence-corrected chi connectivity index (χ2v) is 4.70. The average Bonchev–Trinajstić information content (AvgIpc) is 2.70. The summed E-state index contributed by atoms with van der Waals surface area (Å²) in [5.74, 6) is -1.17. The molecule has 2 amide bonds. The number of halogens is 3. The molecule has 8 heteroatoms. The van der Waals surface area contributed by atoms with E-state index in [1.54, 1.807) is 6.92 Å². The first-order chi connectivity index (χ1) is 8.64. The molecule has 1 aliphatic rings. The van der Waals surface area contributed by atoms with Crippen molar-refractivity contribution in [3.8, 4) is 0 Å². The van der Waals surface area contributed by atoms with Gasteiger partial charge < -0.3 is 14.9 Å². The summed E-state index contributed by atoms with van der Waals surface area (Å²) in [6, 6.07) is -0.890. The molecule has 110 valence electrons. The van der Waals surface area contributed by atoms with Gasteiger partial charge in [0.1, 0.15) is 12.1 Å². The van der Waals surface area contributed by atoms with Gasteiger partial charge in [0.2, 0.25) is 0 Å². The number of urea groups is 1. The van der Waals surface area contributed by atoms with Crippen LogP contribution in [0, 0.1) is 0 Å². The number of alkyl halides is 3. The lowest BCUT2D eigenvalue weighted by molar-refractivity contribution is -0.149. The van der Waals surface area contributed by atoms with Crippen LogP contribution in [0.5, 0.6) is 0 Å². The number of likely N-dealkylation sites (tertiary alicyclic amines) is 1. The van der Waals surface area contributed by atoms with Gasteiger partial charge in [0.25, 0.3) is 0 Å². The maximum atomic E-state index is 12.3. The maximum Gasteiger partial charge on any atom is 0.406 e. The molecule has 1 atom stereocenters. The summed E-state index contributed by atoms with van der Waals surface area (Å²) >= 11 is 0. The molecule has 0 saturated carbocycles. The smallest absolute Gasteiger partial charge is 0.406 e. The van der Waals surface area contributed by atoms with E-state index >= 15 is 0 Å². The zero-order valence-corrected chi connectivity index (χ0v) is 10.8. The highest BCUT2D eigenvalue weighted by atomic mass is 19.4. The van der Waals surface area contributed by atoms with Crippen molar-refractivity contribution in [3.63, 3.8) is 0 Å². The van der Waals surface area contributed by atoms with Crippen molar-refractivity contribution in [2.45, 2.75) is 37.9 Å². The SMILES string of the molecule is CCC1(C(=O)O)CCCN1C(=O)N(C)CC(F)(F)F. The van der Waals surface area contributed by atoms with Crippen molar-refractivity contribution in [1.82, 2.24) is 9.80 Å². The molecular weight excluding hydrogens is 265 g/mol. The van der Waals surface area contributed by atoms with E-state index in [9.17, 15) is 27.9 Å². The minimum atomic E-state index is -4.50. The van der Waals surface area contributed by atoms with Gasteiger partial charge in [0.15, 0.2) is 0 Å². The second kappa shape index (κ2) is 5.26. The lowest BCUT2D eigenvalue weighted by Crippen LogP contribution is -2.56. The van der Waals surface area contributed by atoms with Crippen LogP contribution < -0.4 is 0 Å². The van der Waals surface area contributed by atoms with Gasteiger partial charge in [-0.1, -0.05) is 6.92 Å². The quantitative estimate of drug-likeness (QED) is 0.860. The molecule has 0 bridgehead atoms. The van der Waals surface area contributed by atoms with Gasteiger partial charge in [0.05, 0.1) is 0 Å². The molecule has 1 heterocycles. The van der Waals surface area contributed by atoms with Crippen LogP contribution in [-0.2, 0) is 4.79 Å². The number of carbonyl (C=O) groups excluding carboxylic acids is 1. The summed E-state index contributed by atoms with van der Waals surface area (Å²) in [5, 5.41) is 9.26. The maximum absolute atomic E-state index is 12.3. The average molecular weight is 282 g/mol. The zero-order valence-electron chi connectivity index (χ0n) is 10.8. The van der Waals surface area contributed by atoms with E-state index in [-0.39, 0.29) is 19.4 Å². The number of nitrogens with zero attached hydrogens (tertiary/aromatic N) is 2. The second-order valence-electron chi connectivity index (χ2n) is 4.70. The number of rotatable bonds is 3. The van der Waals surface area contributed by atoms with Gasteiger partial charge in [0, 0.05) is 13.6 Å². The van der Waals surface area contributed by atoms with Crippen molar-refractivity contribution < 1.29 is 27.9 Å². The summed E-state index contributed by atoms with van der Waals surface area (Å²) < 4.78 is 36.8. The van der Waals surface area contributed by atoms with Crippen LogP contribution in [0.3, 0.4) is 0 Å². The molecule has 0 aromatic rings. The molecule has 0 aliphatic carbocycles. The lowest BCUT2D eigenvalue weighted by Gasteiger charge is -2.36. The van der Waals surface area contributed by atoms with Gasteiger partial charge in [-0.05, 0) is 19.3 Å². The fraction of sp³-hybridized carbons (Fsp3) is 0.818. The lowest BCUT2D eigenvalue weighted by atomic mass is 9.93. The molecule has 0 spiro atoms. The fourth-order valence-electron chi connectivity index (χ4n) is 2.44. The number of carboxylic acids is 1. The molecule has 1 unspecified atom stereocenters. The van der Waals surface area contributed by atoms with E-state index in [1.807, 2.05) is 0 Å². The molecule has 1 fully saturated rings. The molecule has 19 heavy (non-hydrogen) atoms. The van der Waals surface area contributed by atoms with Gasteiger partial charge in [-0.2, -0.15) is 13.2 Å². The predicted molar refractivity (Wildman–Crippen MR) is 60.7 cm³/mol. The fourth-order valence-corrected chi connectivity index (χ4v) is 2.44. The number of hydrogen-bond donors (Lipinski definition) is 1. The number of carboxylic acid groups (broad SMARTS) is 1. The van der Waals surface area contributed by atoms with E-state index in [0.717, 1.165) is 11.9 Å². The normalized spacial score (nSPS) is 23.5. The third-order valence-electron chi connectivity index (χ3n) is 3.45. The Bertz CT molecular complexity index is 373. The molecule has 1 rings (SSSR count). The first-order valence-electron chi connectivity index (χ1n) is 5.97. The zero-order chi connectivity index (χ0) is 14.8. The van der Waals surface area contributed by atoms with E-state index < -0.39 is 30.3 Å². The Balaban J connectivity index is 2.89. The van der Waals surface area contributed by atoms with Crippen molar-refractivity contribution in [3.05, 3.63) is 0 Å². The minimum absolute atomic E-state index is 0.168. The number of amides is 2. The van der Waals surface area contributed by atoms with E-state index in [1.165, 1.54) is 0 Å². The third-order valence-corrected chi connectivity index (χ3v) is 3.45. The van der Waals surface area contributed by atoms with Gasteiger partial charge in [-0.3, -0.25) is 0 Å². The molecule has 0 aromatic carbocycles. The molecule has 5 nitrogen and oxygen atoms in total. The Morgan fingerprint density at radius 3 is 2.42 bits per heavy atom. The van der Waals surface area contributed by atoms with Gasteiger partial charge in [-0.15, -0.1) is 0 Å². The Labute approximate surface area is 109 Å². The van der Waals surface area contributed by atoms with Crippen molar-refractivity contribution in [2.24, 2.45) is 0 Å². The Morgan fingerprint density at radius 1 is 1.42 bits per heavy atom. The monoisotopic (exact) mass is 282 g/mol. The van der Waals surface area contributed by atoms with Gasteiger partial charge in [-0.25, -0.2) is 9.59 Å². The Hall–Kier alpha value is -1.47. The highest BCUT2D eigenvalue weighted by Crippen LogP contribution is 2.33. The number of carbonyl (C=O) groups is 2. The molecule has 0 radical (unpaired) electrons. The van der Waals surface area contributed by atoms with Crippen LogP contribution in [0.15, 0.2) is 0 Å². The first kappa shape index (κ1) is 15.6. The minimum Gasteiger partial charge on any atom is -0.479 e. The number of hydrogen-bond acceptors (Lipinski definition) is 2. The third kappa shape index (κ3) is 3.10. The summed E-state index contributed by atoms with van der Waals surface area (Å²) in [7, 11) is 1.02. The molecule has 1 saturated heterocycles. The Morgan fingerprint density at radius 2 is 2.00 bits per heavy atom. The summed E-state index contributed by atoms with van der Waals surface area (Å²) in [6.07, 6.45) is -3.58. The van der Waals surface area contributed by atoms with Crippen molar-refractivity contribution in [1.29, 1.82) is 0 Å². The molecule has 1 N–H and O–H groups in total. The largest absolute Gasteiger partial charge is 0.479 e. The van der Waals surface area contributed by atoms with Crippen LogP contribution in [0.1, 0.15) is 26.2 Å². The van der Waals surface area contributed by atoms with Crippen LogP contribution in [0.2, 0.25) is 0 Å². The van der Waals surface area contributed by atoms with Crippen molar-refractivity contribution in [2.75, 3.05) is 20.1 Å². The first-order valence-corrected chi connectivity index (χ1v) is 5.97. The highest BCUT2D eigenvalue weighted by molar-refractivity contribution is 5.87. The van der Waals surface area contributed by atoms with Crippen LogP contribution in [0.25, 0.3) is 0 Å². The number of aliphatic carboxylic acids is 1. The predicted octanol–water partition coefficient (Wildman–Crippen LogP) is 1.93. The summed E-state index contributed by atoms with van der Waals surface area (Å²) in [6.45, 7) is 0.395. The van der Waals surface area contributed by atoms with E-state index in [0.29, 0.717) is 11.3 Å².